The van der Waals surface area contributed by atoms with Gasteiger partial charge in [-0.3, -0.25) is 4.79 Å². The van der Waals surface area contributed by atoms with E-state index >= 15 is 0 Å². The van der Waals surface area contributed by atoms with Crippen LogP contribution >= 0.6 is 11.3 Å². The van der Waals surface area contributed by atoms with E-state index in [4.69, 9.17) is 0 Å². The summed E-state index contributed by atoms with van der Waals surface area (Å²) >= 11 is 1.64. The Kier molecular flexibility index (Phi) is 5.01. The number of carbonyl (C=O) groups excluding carboxylic acids is 1. The molecule has 0 bridgehead atoms. The summed E-state index contributed by atoms with van der Waals surface area (Å²) < 4.78 is 0. The molecule has 0 aromatic carbocycles. The predicted molar refractivity (Wildman–Crippen MR) is 71.3 cm³/mol. The van der Waals surface area contributed by atoms with Gasteiger partial charge in [-0.15, -0.1) is 11.3 Å². The van der Waals surface area contributed by atoms with Gasteiger partial charge in [0.2, 0.25) is 5.91 Å². The fourth-order valence-electron chi connectivity index (χ4n) is 2.17. The largest absolute Gasteiger partial charge is 0.356 e. The first-order valence-corrected chi connectivity index (χ1v) is 7.24. The highest BCUT2D eigenvalue weighted by atomic mass is 32.1. The normalized spacial score (nSPS) is 16.2. The van der Waals surface area contributed by atoms with Gasteiger partial charge in [-0.05, 0) is 50.3 Å². The van der Waals surface area contributed by atoms with E-state index in [2.05, 4.69) is 10.2 Å². The van der Waals surface area contributed by atoms with E-state index in [1.807, 2.05) is 17.5 Å². The topological polar surface area (TPSA) is 32.3 Å². The van der Waals surface area contributed by atoms with Crippen LogP contribution in [0.1, 0.15) is 24.1 Å². The van der Waals surface area contributed by atoms with E-state index in [0.29, 0.717) is 6.42 Å². The molecule has 1 fully saturated rings. The third-order valence-corrected chi connectivity index (χ3v) is 3.96. The summed E-state index contributed by atoms with van der Waals surface area (Å²) in [5.74, 6) is 0.147. The zero-order valence-electron chi connectivity index (χ0n) is 10.2. The third kappa shape index (κ3) is 4.48. The lowest BCUT2D eigenvalue weighted by molar-refractivity contribution is -0.120. The van der Waals surface area contributed by atoms with Crippen molar-refractivity contribution in [2.24, 2.45) is 0 Å². The van der Waals surface area contributed by atoms with Gasteiger partial charge in [0.1, 0.15) is 0 Å². The van der Waals surface area contributed by atoms with Crippen LogP contribution in [-0.2, 0) is 11.2 Å². The lowest BCUT2D eigenvalue weighted by Crippen LogP contribution is -2.29. The molecule has 2 rings (SSSR count). The first-order valence-electron chi connectivity index (χ1n) is 6.36. The molecule has 0 spiro atoms. The molecule has 94 valence electrons. The number of nitrogens with zero attached hydrogens (tertiary/aromatic N) is 1. The summed E-state index contributed by atoms with van der Waals surface area (Å²) in [4.78, 5) is 15.2. The van der Waals surface area contributed by atoms with Gasteiger partial charge >= 0.3 is 0 Å². The molecule has 1 aromatic heterocycles. The highest BCUT2D eigenvalue weighted by Gasteiger charge is 2.10. The number of carbonyl (C=O) groups is 1. The number of hydrogen-bond acceptors (Lipinski definition) is 3. The van der Waals surface area contributed by atoms with Crippen molar-refractivity contribution in [3.8, 4) is 0 Å². The van der Waals surface area contributed by atoms with Crippen LogP contribution in [0.4, 0.5) is 0 Å². The smallest absolute Gasteiger partial charge is 0.225 e. The zero-order chi connectivity index (χ0) is 11.9. The predicted octanol–water partition coefficient (Wildman–Crippen LogP) is 1.89. The van der Waals surface area contributed by atoms with Crippen molar-refractivity contribution >= 4 is 17.2 Å². The van der Waals surface area contributed by atoms with Gasteiger partial charge in [-0.25, -0.2) is 0 Å². The molecule has 1 N–H and O–H groups in total. The van der Waals surface area contributed by atoms with Crippen molar-refractivity contribution < 1.29 is 4.79 Å². The zero-order valence-corrected chi connectivity index (χ0v) is 11.0. The monoisotopic (exact) mass is 252 g/mol. The molecule has 0 atom stereocenters. The van der Waals surface area contributed by atoms with Crippen LogP contribution in [0, 0.1) is 0 Å². The lowest BCUT2D eigenvalue weighted by atomic mass is 10.3. The summed E-state index contributed by atoms with van der Waals surface area (Å²) in [6, 6.07) is 4.00. The highest BCUT2D eigenvalue weighted by Crippen LogP contribution is 2.09. The van der Waals surface area contributed by atoms with E-state index in [0.717, 1.165) is 24.4 Å². The van der Waals surface area contributed by atoms with Crippen LogP contribution < -0.4 is 5.32 Å². The molecule has 1 saturated heterocycles. The van der Waals surface area contributed by atoms with Crippen LogP contribution in [0.5, 0.6) is 0 Å². The van der Waals surface area contributed by atoms with Crippen molar-refractivity contribution in [3.05, 3.63) is 22.4 Å². The Balaban J connectivity index is 1.54. The molecule has 17 heavy (non-hydrogen) atoms. The Hall–Kier alpha value is -0.870. The van der Waals surface area contributed by atoms with E-state index in [-0.39, 0.29) is 5.91 Å². The average Bonchev–Trinajstić information content (AvgIpc) is 2.96. The van der Waals surface area contributed by atoms with Crippen LogP contribution in [0.15, 0.2) is 17.5 Å². The average molecular weight is 252 g/mol. The van der Waals surface area contributed by atoms with Crippen molar-refractivity contribution in [3.63, 3.8) is 0 Å². The summed E-state index contributed by atoms with van der Waals surface area (Å²) in [6.07, 6.45) is 4.27. The molecule has 1 amide bonds. The minimum Gasteiger partial charge on any atom is -0.356 e. The standard InChI is InChI=1S/C13H20N2OS/c16-13(11-12-5-3-10-17-12)14-6-4-9-15-7-1-2-8-15/h3,5,10H,1-2,4,6-9,11H2,(H,14,16). The summed E-state index contributed by atoms with van der Waals surface area (Å²) in [7, 11) is 0. The molecule has 0 saturated carbocycles. The van der Waals surface area contributed by atoms with Crippen LogP contribution in [-0.4, -0.2) is 37.0 Å². The van der Waals surface area contributed by atoms with Crippen LogP contribution in [0.2, 0.25) is 0 Å². The van der Waals surface area contributed by atoms with Crippen LogP contribution in [0.25, 0.3) is 0 Å². The van der Waals surface area contributed by atoms with Gasteiger partial charge in [0.15, 0.2) is 0 Å². The summed E-state index contributed by atoms with van der Waals surface area (Å²) in [5.41, 5.74) is 0. The second kappa shape index (κ2) is 6.77. The minimum absolute atomic E-state index is 0.147. The lowest BCUT2D eigenvalue weighted by Gasteiger charge is -2.14. The summed E-state index contributed by atoms with van der Waals surface area (Å²) in [5, 5.41) is 5.00. The maximum absolute atomic E-state index is 11.6. The molecule has 0 aliphatic carbocycles. The molecular formula is C13H20N2OS. The molecule has 1 aliphatic heterocycles. The van der Waals surface area contributed by atoms with Crippen molar-refractivity contribution in [2.75, 3.05) is 26.2 Å². The quantitative estimate of drug-likeness (QED) is 0.784. The SMILES string of the molecule is O=C(Cc1cccs1)NCCCN1CCCC1. The van der Waals surface area contributed by atoms with Gasteiger partial charge in [-0.2, -0.15) is 0 Å². The Bertz CT molecular complexity index is 331. The Morgan fingerprint density at radius 1 is 1.41 bits per heavy atom. The van der Waals surface area contributed by atoms with Gasteiger partial charge in [0.25, 0.3) is 0 Å². The van der Waals surface area contributed by atoms with E-state index < -0.39 is 0 Å². The molecule has 3 nitrogen and oxygen atoms in total. The second-order valence-electron chi connectivity index (χ2n) is 4.51. The molecule has 1 aliphatic rings. The molecule has 0 radical (unpaired) electrons. The number of likely N-dealkylation sites (tertiary alicyclic amines) is 1. The highest BCUT2D eigenvalue weighted by molar-refractivity contribution is 7.10. The van der Waals surface area contributed by atoms with Gasteiger partial charge in [0.05, 0.1) is 6.42 Å². The first kappa shape index (κ1) is 12.6. The minimum atomic E-state index is 0.147. The van der Waals surface area contributed by atoms with E-state index in [1.54, 1.807) is 11.3 Å². The van der Waals surface area contributed by atoms with E-state index in [1.165, 1.54) is 25.9 Å². The van der Waals surface area contributed by atoms with Crippen LogP contribution in [0.3, 0.4) is 0 Å². The fraction of sp³-hybridized carbons (Fsp3) is 0.615. The molecular weight excluding hydrogens is 232 g/mol. The van der Waals surface area contributed by atoms with E-state index in [9.17, 15) is 4.79 Å². The Morgan fingerprint density at radius 3 is 2.94 bits per heavy atom. The van der Waals surface area contributed by atoms with Gasteiger partial charge < -0.3 is 10.2 Å². The number of rotatable bonds is 6. The number of nitrogens with one attached hydrogen (secondary N) is 1. The van der Waals surface area contributed by atoms with Gasteiger partial charge in [0, 0.05) is 11.4 Å². The van der Waals surface area contributed by atoms with Crippen molar-refractivity contribution in [1.29, 1.82) is 0 Å². The van der Waals surface area contributed by atoms with Gasteiger partial charge in [-0.1, -0.05) is 6.07 Å². The molecule has 4 heteroatoms. The maximum Gasteiger partial charge on any atom is 0.225 e. The molecule has 0 unspecified atom stereocenters. The molecule has 2 heterocycles. The fourth-order valence-corrected chi connectivity index (χ4v) is 2.87. The summed E-state index contributed by atoms with van der Waals surface area (Å²) in [6.45, 7) is 4.41. The van der Waals surface area contributed by atoms with Crippen molar-refractivity contribution in [1.82, 2.24) is 10.2 Å². The van der Waals surface area contributed by atoms with Crippen molar-refractivity contribution in [2.45, 2.75) is 25.7 Å². The third-order valence-electron chi connectivity index (χ3n) is 3.09. The number of thiophene rings is 1. The number of hydrogen-bond donors (Lipinski definition) is 1. The number of amides is 1. The maximum atomic E-state index is 11.6. The second-order valence-corrected chi connectivity index (χ2v) is 5.54. The first-order chi connectivity index (χ1) is 8.34. The Morgan fingerprint density at radius 2 is 2.24 bits per heavy atom. The Labute approximate surface area is 107 Å². The molecule has 1 aromatic rings.